The monoisotopic (exact) mass is 503 g/mol. The Bertz CT molecular complexity index is 1290. The molecule has 6 nitrogen and oxygen atoms in total. The third kappa shape index (κ3) is 5.71. The highest BCUT2D eigenvalue weighted by molar-refractivity contribution is 6.40. The van der Waals surface area contributed by atoms with Gasteiger partial charge in [0, 0.05) is 16.4 Å². The van der Waals surface area contributed by atoms with Gasteiger partial charge in [-0.2, -0.15) is 5.10 Å². The fraction of sp³-hybridized carbons (Fsp3) is 0.167. The minimum atomic E-state index is -0.368. The molecule has 1 N–H and O–H groups in total. The van der Waals surface area contributed by atoms with Crippen molar-refractivity contribution in [3.05, 3.63) is 98.1 Å². The van der Waals surface area contributed by atoms with Gasteiger partial charge in [0.25, 0.3) is 5.91 Å². The summed E-state index contributed by atoms with van der Waals surface area (Å²) in [5, 5.41) is 8.32. The minimum Gasteiger partial charge on any atom is -0.483 e. The van der Waals surface area contributed by atoms with Crippen molar-refractivity contribution in [2.75, 3.05) is 5.32 Å². The van der Waals surface area contributed by atoms with Crippen LogP contribution in [0.5, 0.6) is 5.75 Å². The van der Waals surface area contributed by atoms with Crippen LogP contribution >= 0.6 is 34.8 Å². The van der Waals surface area contributed by atoms with Gasteiger partial charge in [0.05, 0.1) is 22.3 Å². The summed E-state index contributed by atoms with van der Waals surface area (Å²) < 4.78 is 13.2. The van der Waals surface area contributed by atoms with Crippen molar-refractivity contribution in [2.24, 2.45) is 0 Å². The largest absolute Gasteiger partial charge is 0.483 e. The van der Waals surface area contributed by atoms with E-state index in [-0.39, 0.29) is 28.3 Å². The molecule has 0 atom stereocenters. The molecule has 1 amide bonds. The number of hydrogen-bond acceptors (Lipinski definition) is 4. The van der Waals surface area contributed by atoms with Gasteiger partial charge >= 0.3 is 0 Å². The van der Waals surface area contributed by atoms with Gasteiger partial charge in [-0.05, 0) is 61.9 Å². The van der Waals surface area contributed by atoms with Crippen LogP contribution in [0.15, 0.2) is 59.0 Å². The molecular weight excluding hydrogens is 485 g/mol. The molecule has 0 aliphatic carbocycles. The lowest BCUT2D eigenvalue weighted by atomic mass is 10.2. The van der Waals surface area contributed by atoms with E-state index >= 15 is 0 Å². The molecule has 0 aliphatic heterocycles. The third-order valence-corrected chi connectivity index (χ3v) is 5.61. The first kappa shape index (κ1) is 23.2. The number of amides is 1. The Hall–Kier alpha value is -2.93. The van der Waals surface area contributed by atoms with Crippen LogP contribution in [0.1, 0.15) is 33.3 Å². The van der Waals surface area contributed by atoms with E-state index in [1.807, 2.05) is 48.9 Å². The summed E-state index contributed by atoms with van der Waals surface area (Å²) in [4.78, 5) is 12.7. The van der Waals surface area contributed by atoms with Crippen LogP contribution in [-0.4, -0.2) is 15.7 Å². The van der Waals surface area contributed by atoms with E-state index < -0.39 is 0 Å². The number of furan rings is 1. The number of carbonyl (C=O) groups is 1. The molecule has 170 valence electrons. The Balaban J connectivity index is 1.39. The normalized spacial score (nSPS) is 10.9. The highest BCUT2D eigenvalue weighted by Gasteiger charge is 2.14. The highest BCUT2D eigenvalue weighted by atomic mass is 35.5. The molecule has 0 saturated heterocycles. The first-order valence-corrected chi connectivity index (χ1v) is 11.2. The number of hydrogen-bond donors (Lipinski definition) is 1. The highest BCUT2D eigenvalue weighted by Crippen LogP contribution is 2.36. The molecule has 2 heterocycles. The van der Waals surface area contributed by atoms with Gasteiger partial charge in [0.1, 0.15) is 12.4 Å². The van der Waals surface area contributed by atoms with Crippen molar-refractivity contribution in [1.82, 2.24) is 9.78 Å². The van der Waals surface area contributed by atoms with E-state index in [2.05, 4.69) is 10.4 Å². The fourth-order valence-corrected chi connectivity index (χ4v) is 4.26. The summed E-state index contributed by atoms with van der Waals surface area (Å²) in [6.07, 6.45) is 0. The summed E-state index contributed by atoms with van der Waals surface area (Å²) in [7, 11) is 0. The zero-order valence-corrected chi connectivity index (χ0v) is 20.1. The van der Waals surface area contributed by atoms with Gasteiger partial charge in [-0.15, -0.1) is 0 Å². The van der Waals surface area contributed by atoms with E-state index in [1.54, 1.807) is 12.1 Å². The molecule has 0 aliphatic rings. The van der Waals surface area contributed by atoms with Crippen molar-refractivity contribution in [3.63, 3.8) is 0 Å². The fourth-order valence-electron chi connectivity index (χ4n) is 3.34. The summed E-state index contributed by atoms with van der Waals surface area (Å²) in [5.74, 6) is 0.531. The first-order chi connectivity index (χ1) is 15.8. The molecule has 4 rings (SSSR count). The zero-order chi connectivity index (χ0) is 23.5. The van der Waals surface area contributed by atoms with Crippen LogP contribution in [0.4, 0.5) is 5.69 Å². The van der Waals surface area contributed by atoms with Crippen LogP contribution in [0.2, 0.25) is 15.1 Å². The Morgan fingerprint density at radius 1 is 1.06 bits per heavy atom. The summed E-state index contributed by atoms with van der Waals surface area (Å²) >= 11 is 18.2. The lowest BCUT2D eigenvalue weighted by Gasteiger charge is -2.09. The van der Waals surface area contributed by atoms with Gasteiger partial charge in [0.2, 0.25) is 0 Å². The van der Waals surface area contributed by atoms with Crippen molar-refractivity contribution < 1.29 is 13.9 Å². The summed E-state index contributed by atoms with van der Waals surface area (Å²) in [6.45, 7) is 4.63. The second kappa shape index (κ2) is 9.91. The average molecular weight is 505 g/mol. The number of anilines is 1. The van der Waals surface area contributed by atoms with E-state index in [1.165, 1.54) is 12.1 Å². The number of nitrogens with one attached hydrogen (secondary N) is 1. The standard InChI is InChI=1S/C24H20Cl3N3O3/c1-14-8-15(2)30(29-14)12-16-4-3-5-18(9-16)28-24(31)22-7-6-19(33-22)13-32-23-20(26)10-17(25)11-21(23)27/h3-11H,12-13H2,1-2H3,(H,28,31). The molecule has 33 heavy (non-hydrogen) atoms. The van der Waals surface area contributed by atoms with Crippen molar-refractivity contribution >= 4 is 46.4 Å². The van der Waals surface area contributed by atoms with Gasteiger partial charge < -0.3 is 14.5 Å². The smallest absolute Gasteiger partial charge is 0.291 e. The third-order valence-electron chi connectivity index (χ3n) is 4.83. The lowest BCUT2D eigenvalue weighted by molar-refractivity contribution is 0.0992. The maximum atomic E-state index is 12.7. The number of benzene rings is 2. The van der Waals surface area contributed by atoms with Crippen LogP contribution in [-0.2, 0) is 13.2 Å². The Morgan fingerprint density at radius 2 is 1.82 bits per heavy atom. The van der Waals surface area contributed by atoms with E-state index in [9.17, 15) is 4.79 Å². The number of halogens is 3. The van der Waals surface area contributed by atoms with E-state index in [4.69, 9.17) is 44.0 Å². The van der Waals surface area contributed by atoms with Gasteiger partial charge in [-0.1, -0.05) is 46.9 Å². The van der Waals surface area contributed by atoms with Crippen LogP contribution in [0, 0.1) is 13.8 Å². The number of rotatable bonds is 7. The molecule has 0 spiro atoms. The molecule has 0 bridgehead atoms. The van der Waals surface area contributed by atoms with E-state index in [0.29, 0.717) is 28.8 Å². The van der Waals surface area contributed by atoms with Crippen LogP contribution in [0.3, 0.4) is 0 Å². The molecule has 0 radical (unpaired) electrons. The number of nitrogens with zero attached hydrogens (tertiary/aromatic N) is 2. The Kier molecular flexibility index (Phi) is 6.98. The quantitative estimate of drug-likeness (QED) is 0.296. The molecule has 4 aromatic rings. The van der Waals surface area contributed by atoms with E-state index in [0.717, 1.165) is 17.0 Å². The molecule has 2 aromatic carbocycles. The summed E-state index contributed by atoms with van der Waals surface area (Å²) in [6, 6.07) is 15.9. The Morgan fingerprint density at radius 3 is 2.52 bits per heavy atom. The van der Waals surface area contributed by atoms with Crippen molar-refractivity contribution in [3.8, 4) is 5.75 Å². The second-order valence-corrected chi connectivity index (χ2v) is 8.74. The lowest BCUT2D eigenvalue weighted by Crippen LogP contribution is -2.11. The predicted octanol–water partition coefficient (Wildman–Crippen LogP) is 6.93. The maximum absolute atomic E-state index is 12.7. The van der Waals surface area contributed by atoms with Crippen LogP contribution in [0.25, 0.3) is 0 Å². The predicted molar refractivity (Wildman–Crippen MR) is 130 cm³/mol. The molecule has 2 aromatic heterocycles. The minimum absolute atomic E-state index is 0.0481. The topological polar surface area (TPSA) is 69.3 Å². The maximum Gasteiger partial charge on any atom is 0.291 e. The zero-order valence-electron chi connectivity index (χ0n) is 17.9. The molecule has 9 heteroatoms. The molecule has 0 saturated carbocycles. The molecular formula is C24H20Cl3N3O3. The Labute approximate surface area is 206 Å². The number of ether oxygens (including phenoxy) is 1. The van der Waals surface area contributed by atoms with Gasteiger partial charge in [0.15, 0.2) is 11.5 Å². The van der Waals surface area contributed by atoms with Crippen LogP contribution < -0.4 is 10.1 Å². The number of carbonyl (C=O) groups excluding carboxylic acids is 1. The average Bonchev–Trinajstić information content (AvgIpc) is 3.33. The SMILES string of the molecule is Cc1cc(C)n(Cc2cccc(NC(=O)c3ccc(COc4c(Cl)cc(Cl)cc4Cl)o3)c2)n1. The van der Waals surface area contributed by atoms with Crippen molar-refractivity contribution in [2.45, 2.75) is 27.0 Å². The summed E-state index contributed by atoms with van der Waals surface area (Å²) in [5.41, 5.74) is 3.72. The van der Waals surface area contributed by atoms with Gasteiger partial charge in [-0.25, -0.2) is 0 Å². The van der Waals surface area contributed by atoms with Gasteiger partial charge in [-0.3, -0.25) is 9.48 Å². The number of aryl methyl sites for hydroxylation is 2. The van der Waals surface area contributed by atoms with Crippen molar-refractivity contribution in [1.29, 1.82) is 0 Å². The second-order valence-electron chi connectivity index (χ2n) is 7.49. The number of aromatic nitrogens is 2. The first-order valence-electron chi connectivity index (χ1n) is 10.1. The molecule has 0 unspecified atom stereocenters. The molecule has 0 fully saturated rings.